The summed E-state index contributed by atoms with van der Waals surface area (Å²) in [5.74, 6) is -0.0570. The van der Waals surface area contributed by atoms with Gasteiger partial charge in [-0.15, -0.1) is 0 Å². The molecule has 0 aromatic heterocycles. The number of amidine groups is 1. The molecule has 1 saturated heterocycles. The van der Waals surface area contributed by atoms with Gasteiger partial charge in [-0.3, -0.25) is 10.7 Å². The first-order chi connectivity index (χ1) is 13.9. The Kier molecular flexibility index (Phi) is 6.73. The van der Waals surface area contributed by atoms with Crippen LogP contribution in [-0.2, 0) is 6.18 Å². The van der Waals surface area contributed by atoms with Crippen molar-refractivity contribution in [1.29, 1.82) is 0 Å². The number of piperazine rings is 1. The van der Waals surface area contributed by atoms with Gasteiger partial charge >= 0.3 is 6.18 Å². The molecule has 1 heterocycles. The van der Waals surface area contributed by atoms with Gasteiger partial charge in [0, 0.05) is 38.3 Å². The first kappa shape index (κ1) is 21.1. The van der Waals surface area contributed by atoms with Gasteiger partial charge in [-0.1, -0.05) is 18.2 Å². The van der Waals surface area contributed by atoms with Gasteiger partial charge in [0.1, 0.15) is 0 Å². The summed E-state index contributed by atoms with van der Waals surface area (Å²) in [7, 11) is 0. The molecule has 0 unspecified atom stereocenters. The number of hydrazine groups is 1. The summed E-state index contributed by atoms with van der Waals surface area (Å²) in [6.45, 7) is 4.94. The van der Waals surface area contributed by atoms with Gasteiger partial charge in [0.2, 0.25) is 0 Å². The fraction of sp³-hybridized carbons (Fsp3) is 0.350. The highest BCUT2D eigenvalue weighted by atomic mass is 19.4. The smallest absolute Gasteiger partial charge is 0.314 e. The van der Waals surface area contributed by atoms with Crippen molar-refractivity contribution in [1.82, 2.24) is 15.8 Å². The molecule has 6 nitrogen and oxygen atoms in total. The molecule has 2 aromatic carbocycles. The first-order valence-electron chi connectivity index (χ1n) is 9.42. The molecule has 0 bridgehead atoms. The second-order valence-corrected chi connectivity index (χ2v) is 6.56. The van der Waals surface area contributed by atoms with Crippen LogP contribution in [0.1, 0.15) is 18.1 Å². The Morgan fingerprint density at radius 2 is 1.86 bits per heavy atom. The number of nitrogens with one attached hydrogen (secondary N) is 2. The number of halogens is 3. The van der Waals surface area contributed by atoms with Crippen molar-refractivity contribution < 1.29 is 18.4 Å². The third-order valence-electron chi connectivity index (χ3n) is 4.69. The number of aliphatic imine (C=N–C) groups is 1. The number of hydroxylamine groups is 1. The predicted molar refractivity (Wildman–Crippen MR) is 106 cm³/mol. The Morgan fingerprint density at radius 1 is 1.17 bits per heavy atom. The Labute approximate surface area is 167 Å². The Hall–Kier alpha value is -2.62. The van der Waals surface area contributed by atoms with Crippen molar-refractivity contribution in [3.05, 3.63) is 59.7 Å². The fourth-order valence-electron chi connectivity index (χ4n) is 3.34. The molecule has 0 amide bonds. The molecule has 0 aliphatic carbocycles. The standard InChI is InChI=1S/C20H24F3N5O/c1-2-28(27-12-10-24-11-13-27)18-9-8-15(14-17(18)20(21,22)23)19(26-29)25-16-6-4-3-5-7-16/h3-9,14,24,29H,2,10-13H2,1H3,(H,25,26). The first-order valence-corrected chi connectivity index (χ1v) is 9.42. The molecular formula is C20H24F3N5O. The van der Waals surface area contributed by atoms with Crippen LogP contribution < -0.4 is 15.8 Å². The molecule has 0 atom stereocenters. The van der Waals surface area contributed by atoms with Gasteiger partial charge in [0.05, 0.1) is 16.9 Å². The highest BCUT2D eigenvalue weighted by Crippen LogP contribution is 2.38. The third-order valence-corrected chi connectivity index (χ3v) is 4.69. The van der Waals surface area contributed by atoms with Gasteiger partial charge in [-0.05, 0) is 37.3 Å². The van der Waals surface area contributed by atoms with Gasteiger partial charge in [-0.2, -0.15) is 13.2 Å². The number of para-hydroxylation sites is 1. The number of alkyl halides is 3. The molecule has 156 valence electrons. The van der Waals surface area contributed by atoms with E-state index in [1.54, 1.807) is 35.3 Å². The molecular weight excluding hydrogens is 383 g/mol. The monoisotopic (exact) mass is 407 g/mol. The lowest BCUT2D eigenvalue weighted by molar-refractivity contribution is -0.137. The van der Waals surface area contributed by atoms with Gasteiger partial charge in [0.25, 0.3) is 0 Å². The maximum Gasteiger partial charge on any atom is 0.418 e. The summed E-state index contributed by atoms with van der Waals surface area (Å²) in [5.41, 5.74) is 1.89. The molecule has 1 aliphatic heterocycles. The molecule has 3 rings (SSSR count). The average Bonchev–Trinajstić information content (AvgIpc) is 2.73. The molecule has 1 aliphatic rings. The van der Waals surface area contributed by atoms with Crippen molar-refractivity contribution in [2.45, 2.75) is 13.1 Å². The zero-order valence-corrected chi connectivity index (χ0v) is 16.1. The quantitative estimate of drug-likeness (QED) is 0.403. The maximum atomic E-state index is 13.9. The minimum atomic E-state index is -4.56. The molecule has 29 heavy (non-hydrogen) atoms. The van der Waals surface area contributed by atoms with Gasteiger partial charge < -0.3 is 10.3 Å². The van der Waals surface area contributed by atoms with E-state index in [2.05, 4.69) is 10.3 Å². The lowest BCUT2D eigenvalue weighted by atomic mass is 10.1. The topological polar surface area (TPSA) is 63.1 Å². The van der Waals surface area contributed by atoms with Crippen molar-refractivity contribution in [2.75, 3.05) is 37.7 Å². The minimum Gasteiger partial charge on any atom is -0.314 e. The summed E-state index contributed by atoms with van der Waals surface area (Å²) < 4.78 is 41.7. The van der Waals surface area contributed by atoms with E-state index >= 15 is 0 Å². The Bertz CT molecular complexity index is 836. The number of nitrogens with zero attached hydrogens (tertiary/aromatic N) is 3. The third kappa shape index (κ3) is 5.06. The number of hydrogen-bond acceptors (Lipinski definition) is 5. The van der Waals surface area contributed by atoms with Crippen LogP contribution >= 0.6 is 0 Å². The predicted octanol–water partition coefficient (Wildman–Crippen LogP) is 3.41. The zero-order chi connectivity index (χ0) is 20.9. The molecule has 0 spiro atoms. The number of rotatable bonds is 5. The van der Waals surface area contributed by atoms with Crippen LogP contribution in [0.15, 0.2) is 53.5 Å². The second-order valence-electron chi connectivity index (χ2n) is 6.56. The van der Waals surface area contributed by atoms with Crippen LogP contribution in [0.5, 0.6) is 0 Å². The van der Waals surface area contributed by atoms with E-state index in [0.717, 1.165) is 19.2 Å². The summed E-state index contributed by atoms with van der Waals surface area (Å²) in [4.78, 5) is 4.21. The summed E-state index contributed by atoms with van der Waals surface area (Å²) in [6, 6.07) is 12.7. The largest absolute Gasteiger partial charge is 0.418 e. The minimum absolute atomic E-state index is 0.0570. The van der Waals surface area contributed by atoms with E-state index in [9.17, 15) is 18.4 Å². The maximum absolute atomic E-state index is 13.9. The van der Waals surface area contributed by atoms with Crippen LogP contribution in [0.2, 0.25) is 0 Å². The number of benzene rings is 2. The Balaban J connectivity index is 2.02. The second kappa shape index (κ2) is 9.25. The lowest BCUT2D eigenvalue weighted by Gasteiger charge is -2.39. The normalized spacial score (nSPS) is 16.0. The van der Waals surface area contributed by atoms with Crippen molar-refractivity contribution >= 4 is 17.2 Å². The van der Waals surface area contributed by atoms with Crippen LogP contribution in [0, 0.1) is 0 Å². The fourth-order valence-corrected chi connectivity index (χ4v) is 3.34. The van der Waals surface area contributed by atoms with E-state index in [1.807, 2.05) is 17.4 Å². The SMILES string of the molecule is CCN(c1ccc(C(=Nc2ccccc2)NO)cc1C(F)(F)F)N1CCNCC1. The van der Waals surface area contributed by atoms with Crippen LogP contribution in [0.4, 0.5) is 24.5 Å². The Morgan fingerprint density at radius 3 is 2.45 bits per heavy atom. The van der Waals surface area contributed by atoms with Crippen LogP contribution in [0.3, 0.4) is 0 Å². The molecule has 9 heteroatoms. The van der Waals surface area contributed by atoms with E-state index in [-0.39, 0.29) is 17.1 Å². The molecule has 2 aromatic rings. The van der Waals surface area contributed by atoms with Gasteiger partial charge in [0.15, 0.2) is 5.84 Å². The van der Waals surface area contributed by atoms with Crippen LogP contribution in [-0.4, -0.2) is 48.8 Å². The highest BCUT2D eigenvalue weighted by Gasteiger charge is 2.36. The van der Waals surface area contributed by atoms with E-state index < -0.39 is 11.7 Å². The van der Waals surface area contributed by atoms with E-state index in [0.29, 0.717) is 25.3 Å². The molecule has 0 saturated carbocycles. The molecule has 0 radical (unpaired) electrons. The molecule has 1 fully saturated rings. The number of anilines is 1. The lowest BCUT2D eigenvalue weighted by Crippen LogP contribution is -2.53. The van der Waals surface area contributed by atoms with Crippen molar-refractivity contribution in [3.63, 3.8) is 0 Å². The summed E-state index contributed by atoms with van der Waals surface area (Å²) in [5, 5.41) is 16.3. The summed E-state index contributed by atoms with van der Waals surface area (Å²) >= 11 is 0. The van der Waals surface area contributed by atoms with E-state index in [1.165, 1.54) is 12.1 Å². The van der Waals surface area contributed by atoms with Crippen molar-refractivity contribution in [2.24, 2.45) is 4.99 Å². The van der Waals surface area contributed by atoms with Crippen LogP contribution in [0.25, 0.3) is 0 Å². The zero-order valence-electron chi connectivity index (χ0n) is 16.1. The van der Waals surface area contributed by atoms with Gasteiger partial charge in [-0.25, -0.2) is 10.0 Å². The summed E-state index contributed by atoms with van der Waals surface area (Å²) in [6.07, 6.45) is -4.56. The van der Waals surface area contributed by atoms with E-state index in [4.69, 9.17) is 0 Å². The highest BCUT2D eigenvalue weighted by molar-refractivity contribution is 6.00. The average molecular weight is 407 g/mol. The molecule has 3 N–H and O–H groups in total. The number of hydrogen-bond donors (Lipinski definition) is 3. The van der Waals surface area contributed by atoms with Crippen molar-refractivity contribution in [3.8, 4) is 0 Å².